The van der Waals surface area contributed by atoms with Gasteiger partial charge in [-0.2, -0.15) is 11.3 Å². The molecule has 0 aromatic rings. The van der Waals surface area contributed by atoms with Crippen molar-refractivity contribution in [1.82, 2.24) is 0 Å². The lowest BCUT2D eigenvalue weighted by molar-refractivity contribution is 0.413. The molecule has 1 aliphatic heterocycles. The predicted octanol–water partition coefficient (Wildman–Crippen LogP) is 3.00. The second-order valence-corrected chi connectivity index (χ2v) is 5.28. The number of hydrogen-bond donors (Lipinski definition) is 0. The number of rotatable bonds is 0. The third kappa shape index (κ3) is 1.29. The van der Waals surface area contributed by atoms with Crippen LogP contribution in [0.1, 0.15) is 27.7 Å². The van der Waals surface area contributed by atoms with E-state index in [9.17, 15) is 0 Å². The van der Waals surface area contributed by atoms with Crippen molar-refractivity contribution >= 4 is 8.58 Å². The van der Waals surface area contributed by atoms with Crippen LogP contribution in [-0.2, 0) is 0 Å². The molecule has 1 heterocycles. The van der Waals surface area contributed by atoms with Crippen LogP contribution < -0.4 is 0 Å². The molecule has 1 fully saturated rings. The zero-order chi connectivity index (χ0) is 7.02. The molecule has 1 aliphatic rings. The van der Waals surface area contributed by atoms with Gasteiger partial charge in [-0.25, -0.2) is 0 Å². The molecule has 9 heavy (non-hydrogen) atoms. The van der Waals surface area contributed by atoms with E-state index in [1.54, 1.807) is 8.58 Å². The summed E-state index contributed by atoms with van der Waals surface area (Å²) in [5.74, 6) is 1.89. The second-order valence-electron chi connectivity index (χ2n) is 3.35. The van der Waals surface area contributed by atoms with E-state index in [0.29, 0.717) is 0 Å². The van der Waals surface area contributed by atoms with E-state index < -0.39 is 0 Å². The van der Waals surface area contributed by atoms with Crippen molar-refractivity contribution in [1.29, 1.82) is 0 Å². The fourth-order valence-corrected chi connectivity index (χ4v) is 3.35. The van der Waals surface area contributed by atoms with Crippen LogP contribution in [0.4, 0.5) is 0 Å². The van der Waals surface area contributed by atoms with Gasteiger partial charge in [0.2, 0.25) is 0 Å². The highest BCUT2D eigenvalue weighted by atomic mass is 31.1. The molecular formula is C8H16P-. The quantitative estimate of drug-likeness (QED) is 0.457. The molecule has 1 rings (SSSR count). The molecule has 0 amide bonds. The molecule has 4 atom stereocenters. The van der Waals surface area contributed by atoms with Crippen LogP contribution in [0.3, 0.4) is 0 Å². The first-order valence-corrected chi connectivity index (χ1v) is 4.86. The Morgan fingerprint density at radius 1 is 0.778 bits per heavy atom. The maximum Gasteiger partial charge on any atom is -0.0644 e. The van der Waals surface area contributed by atoms with Crippen LogP contribution in [0, 0.1) is 11.8 Å². The lowest BCUT2D eigenvalue weighted by Gasteiger charge is -2.21. The zero-order valence-electron chi connectivity index (χ0n) is 6.76. The molecular weight excluding hydrogens is 127 g/mol. The van der Waals surface area contributed by atoms with Gasteiger partial charge in [0.25, 0.3) is 0 Å². The molecule has 1 heteroatoms. The lowest BCUT2D eigenvalue weighted by atomic mass is 9.92. The van der Waals surface area contributed by atoms with Crippen LogP contribution in [-0.4, -0.2) is 11.3 Å². The summed E-state index contributed by atoms with van der Waals surface area (Å²) < 4.78 is 0. The average molecular weight is 143 g/mol. The molecule has 0 spiro atoms. The van der Waals surface area contributed by atoms with Crippen molar-refractivity contribution in [2.75, 3.05) is 0 Å². The molecule has 0 bridgehead atoms. The molecule has 0 radical (unpaired) electrons. The van der Waals surface area contributed by atoms with Gasteiger partial charge in [-0.3, -0.25) is 0 Å². The second kappa shape index (κ2) is 2.58. The summed E-state index contributed by atoms with van der Waals surface area (Å²) in [5, 5.41) is 0. The molecule has 1 saturated heterocycles. The highest BCUT2D eigenvalue weighted by Gasteiger charge is 2.21. The SMILES string of the molecule is CC1[P-]C(C)C(C)C1C. The summed E-state index contributed by atoms with van der Waals surface area (Å²) in [6.45, 7) is 9.50. The zero-order valence-corrected chi connectivity index (χ0v) is 7.65. The third-order valence-electron chi connectivity index (χ3n) is 2.82. The Kier molecular flexibility index (Phi) is 2.16. The van der Waals surface area contributed by atoms with E-state index in [1.807, 2.05) is 0 Å². The van der Waals surface area contributed by atoms with Crippen LogP contribution in [0.2, 0.25) is 0 Å². The van der Waals surface area contributed by atoms with Gasteiger partial charge in [0.1, 0.15) is 0 Å². The van der Waals surface area contributed by atoms with E-state index in [0.717, 1.165) is 23.2 Å². The Bertz CT molecular complexity index is 88.7. The average Bonchev–Trinajstić information content (AvgIpc) is 1.98. The van der Waals surface area contributed by atoms with E-state index in [1.165, 1.54) is 0 Å². The minimum absolute atomic E-state index is 0.940. The Hall–Kier alpha value is 0.430. The van der Waals surface area contributed by atoms with Crippen LogP contribution in [0.25, 0.3) is 0 Å². The fourth-order valence-electron chi connectivity index (χ4n) is 1.52. The summed E-state index contributed by atoms with van der Waals surface area (Å²) in [7, 11) is 1.68. The normalized spacial score (nSPS) is 54.7. The van der Waals surface area contributed by atoms with Gasteiger partial charge in [-0.15, -0.1) is 0 Å². The molecule has 4 unspecified atom stereocenters. The molecule has 0 N–H and O–H groups in total. The highest BCUT2D eigenvalue weighted by molar-refractivity contribution is 7.40. The summed E-state index contributed by atoms with van der Waals surface area (Å²) in [4.78, 5) is 0. The largest absolute Gasteiger partial charge is 0.533 e. The van der Waals surface area contributed by atoms with Crippen molar-refractivity contribution in [3.8, 4) is 0 Å². The van der Waals surface area contributed by atoms with Gasteiger partial charge in [0.05, 0.1) is 0 Å². The Morgan fingerprint density at radius 3 is 1.22 bits per heavy atom. The van der Waals surface area contributed by atoms with Gasteiger partial charge in [0.15, 0.2) is 0 Å². The van der Waals surface area contributed by atoms with Gasteiger partial charge < -0.3 is 8.58 Å². The van der Waals surface area contributed by atoms with Gasteiger partial charge in [-0.05, 0) is 0 Å². The van der Waals surface area contributed by atoms with Gasteiger partial charge in [-0.1, -0.05) is 39.5 Å². The van der Waals surface area contributed by atoms with Gasteiger partial charge >= 0.3 is 0 Å². The Morgan fingerprint density at radius 2 is 1.11 bits per heavy atom. The molecule has 0 nitrogen and oxygen atoms in total. The van der Waals surface area contributed by atoms with Crippen molar-refractivity contribution in [2.45, 2.75) is 39.0 Å². The minimum Gasteiger partial charge on any atom is -0.533 e. The van der Waals surface area contributed by atoms with E-state index in [2.05, 4.69) is 27.7 Å². The minimum atomic E-state index is 0.940. The van der Waals surface area contributed by atoms with E-state index in [-0.39, 0.29) is 0 Å². The highest BCUT2D eigenvalue weighted by Crippen LogP contribution is 2.46. The first-order chi connectivity index (χ1) is 4.13. The summed E-state index contributed by atoms with van der Waals surface area (Å²) >= 11 is 0. The Labute approximate surface area is 60.2 Å². The molecule has 0 aromatic carbocycles. The number of hydrogen-bond acceptors (Lipinski definition) is 0. The Balaban J connectivity index is 2.54. The predicted molar refractivity (Wildman–Crippen MR) is 44.2 cm³/mol. The first-order valence-electron chi connectivity index (χ1n) is 3.83. The first kappa shape index (κ1) is 7.54. The standard InChI is InChI=1S/C8H16P/c1-5-6(2)8(4)9-7(5)3/h5-8H,1-4H3/q-1. The smallest absolute Gasteiger partial charge is 0.0644 e. The van der Waals surface area contributed by atoms with Gasteiger partial charge in [0, 0.05) is 0 Å². The summed E-state index contributed by atoms with van der Waals surface area (Å²) in [6.07, 6.45) is 0. The monoisotopic (exact) mass is 143 g/mol. The van der Waals surface area contributed by atoms with Crippen molar-refractivity contribution in [2.24, 2.45) is 11.8 Å². The third-order valence-corrected chi connectivity index (χ3v) is 4.70. The maximum absolute atomic E-state index is 2.38. The fraction of sp³-hybridized carbons (Fsp3) is 1.00. The van der Waals surface area contributed by atoms with E-state index >= 15 is 0 Å². The van der Waals surface area contributed by atoms with Crippen molar-refractivity contribution in [3.05, 3.63) is 0 Å². The van der Waals surface area contributed by atoms with Crippen LogP contribution in [0.15, 0.2) is 0 Å². The lowest BCUT2D eigenvalue weighted by Crippen LogP contribution is -2.12. The van der Waals surface area contributed by atoms with E-state index in [4.69, 9.17) is 0 Å². The molecule has 0 aromatic heterocycles. The molecule has 0 aliphatic carbocycles. The molecule has 0 saturated carbocycles. The van der Waals surface area contributed by atoms with Crippen LogP contribution >= 0.6 is 8.58 Å². The molecule has 54 valence electrons. The van der Waals surface area contributed by atoms with Crippen molar-refractivity contribution in [3.63, 3.8) is 0 Å². The summed E-state index contributed by atoms with van der Waals surface area (Å²) in [6, 6.07) is 0. The summed E-state index contributed by atoms with van der Waals surface area (Å²) in [5.41, 5.74) is 1.88. The topological polar surface area (TPSA) is 0 Å². The van der Waals surface area contributed by atoms with Crippen molar-refractivity contribution < 1.29 is 0 Å². The van der Waals surface area contributed by atoms with Crippen LogP contribution in [0.5, 0.6) is 0 Å². The maximum atomic E-state index is 2.38.